The minimum atomic E-state index is -5.58. The lowest BCUT2D eigenvalue weighted by Gasteiger charge is -2.39. The number of carboxylic acid groups (broad SMARTS) is 3. The van der Waals surface area contributed by atoms with Gasteiger partial charge in [0.05, 0.1) is 141 Å². The number of phenols is 1. The molecule has 34 heteroatoms. The van der Waals surface area contributed by atoms with Gasteiger partial charge in [0.25, 0.3) is 0 Å². The average Bonchev–Trinajstić information content (AvgIpc) is 0.704. The number of unbranched alkanes of at least 4 members (excludes halogenated alkanes) is 12. The van der Waals surface area contributed by atoms with Crippen LogP contribution in [-0.4, -0.2) is 230 Å². The second kappa shape index (κ2) is 48.4. The number of carbonyl (C=O) groups is 3. The molecule has 4 aromatic rings. The van der Waals surface area contributed by atoms with E-state index in [4.69, 9.17) is 0 Å². The van der Waals surface area contributed by atoms with Gasteiger partial charge < -0.3 is 47.5 Å². The zero-order valence-corrected chi connectivity index (χ0v) is 70.6. The van der Waals surface area contributed by atoms with Gasteiger partial charge in [-0.25, -0.2) is 50.5 Å². The molecule has 4 rings (SSSR count). The molecule has 0 heterocycles. The van der Waals surface area contributed by atoms with E-state index in [2.05, 4.69) is 83.1 Å². The van der Waals surface area contributed by atoms with E-state index in [0.717, 1.165) is 24.3 Å². The topological polar surface area (TPSA) is 442 Å². The summed E-state index contributed by atoms with van der Waals surface area (Å²) in [4.78, 5) is 31.5. The molecular formula is C73H130N6O22S6. The Balaban J connectivity index is 0.000000904. The fourth-order valence-corrected chi connectivity index (χ4v) is 19.9. The predicted molar refractivity (Wildman–Crippen MR) is 419 cm³/mol. The molecule has 0 bridgehead atoms. The summed E-state index contributed by atoms with van der Waals surface area (Å²) in [6, 6.07) is -4.09. The quantitative estimate of drug-likeness (QED) is 0.0123. The number of phenolic OH excluding ortho intramolecular Hbond substituents is 1. The van der Waals surface area contributed by atoms with Crippen molar-refractivity contribution in [1.29, 1.82) is 0 Å². The van der Waals surface area contributed by atoms with Crippen molar-refractivity contribution in [2.75, 3.05) is 95.8 Å². The third kappa shape index (κ3) is 35.0. The van der Waals surface area contributed by atoms with Crippen molar-refractivity contribution in [3.05, 3.63) is 36.4 Å². The number of benzene rings is 4. The van der Waals surface area contributed by atoms with Gasteiger partial charge in [-0.05, 0) is 89.2 Å². The number of hydrogen-bond donors (Lipinski definition) is 7. The molecule has 3 atom stereocenters. The van der Waals surface area contributed by atoms with Gasteiger partial charge in [-0.3, -0.25) is 14.4 Å². The summed E-state index contributed by atoms with van der Waals surface area (Å²) in [7, 11) is -32.9. The highest BCUT2D eigenvalue weighted by atomic mass is 32.2. The van der Waals surface area contributed by atoms with Crippen molar-refractivity contribution >= 4 is 111 Å². The van der Waals surface area contributed by atoms with Gasteiger partial charge in [0.1, 0.15) is 23.9 Å². The predicted octanol–water partition coefficient (Wildman–Crippen LogP) is 11.1. The maximum atomic E-state index is 13.8. The highest BCUT2D eigenvalue weighted by Gasteiger charge is 2.37. The third-order valence-electron chi connectivity index (χ3n) is 19.4. The lowest BCUT2D eigenvalue weighted by Crippen LogP contribution is -2.50. The van der Waals surface area contributed by atoms with Crippen LogP contribution in [0.2, 0.25) is 0 Å². The summed E-state index contributed by atoms with van der Waals surface area (Å²) < 4.78 is 193. The summed E-state index contributed by atoms with van der Waals surface area (Å²) in [6.45, 7) is 45.1. The van der Waals surface area contributed by atoms with E-state index in [0.29, 0.717) is 6.07 Å². The molecule has 0 aliphatic heterocycles. The second-order valence-electron chi connectivity index (χ2n) is 28.5. The Morgan fingerprint density at radius 2 is 0.486 bits per heavy atom. The van der Waals surface area contributed by atoms with Crippen LogP contribution in [0, 0.1) is 0 Å². The van der Waals surface area contributed by atoms with E-state index in [1.165, 1.54) is 260 Å². The molecule has 0 saturated heterocycles. The van der Waals surface area contributed by atoms with Crippen LogP contribution in [0.3, 0.4) is 0 Å². The molecule has 0 aliphatic carbocycles. The van der Waals surface area contributed by atoms with Gasteiger partial charge in [-0.1, -0.05) is 178 Å². The zero-order chi connectivity index (χ0) is 81.7. The Labute approximate surface area is 641 Å². The van der Waals surface area contributed by atoms with Gasteiger partial charge in [0.2, 0.25) is 30.1 Å². The van der Waals surface area contributed by atoms with Crippen molar-refractivity contribution in [2.45, 2.75) is 270 Å². The average molecular weight is 1640 g/mol. The summed E-state index contributed by atoms with van der Waals surface area (Å²) in [6.07, 6.45) is 33.2. The first kappa shape index (κ1) is 100. The van der Waals surface area contributed by atoms with Crippen molar-refractivity contribution in [3.8, 4) is 5.75 Å². The SMILES string of the molecule is CCCC[N+](CCCC)(CCCC)CCCC.CCCC[N+](CCCC)(CCCC)CCCC.CCCC[N+](CCCC)(CCCC)CCCC.O=C(O)C(CS(=O)(=O)[O-])NS(=O)(=O)c1cc(O)c2ccc3c(S(=O)(=O)NC(CS(=O)(=O)[O-])C(=O)O)cc(S(=O)(=O)NC(CS(=O)(=O)[O-])C(=O)O)c4ccc1c2c34. The van der Waals surface area contributed by atoms with Gasteiger partial charge in [-0.2, -0.15) is 14.2 Å². The number of nitrogens with zero attached hydrogens (tertiary/aromatic N) is 3. The van der Waals surface area contributed by atoms with Gasteiger partial charge >= 0.3 is 17.9 Å². The smallest absolute Gasteiger partial charge is 0.322 e. The molecule has 0 aromatic heterocycles. The minimum Gasteiger partial charge on any atom is -0.748 e. The standard InChI is InChI=1S/C25H25N3O22S6.3C16H36N/c29-17-5-18(54(45,46)26-14(23(30)31)7-51(36,37)38)11-3-4-13-20(56(49,50)28-16(25(34)35)9-53(42,43)44)6-19(12-2-1-10(17)21(11)22(12)13)55(47,48)27-15(24(32)33)8-52(39,40)41;3*1-5-9-13-17(14-10-6-2,15-11-7-3)16-12-8-4/h1-6,14-16,26-29H,7-9H2,(H,30,31)(H,32,33)(H,34,35)(H,36,37,38)(H,39,40,41)(H,42,43,44);3*5-16H2,1-4H3/q;3*+1/p-3. The van der Waals surface area contributed by atoms with Crippen LogP contribution in [0.1, 0.15) is 237 Å². The minimum absolute atomic E-state index is 0.238. The van der Waals surface area contributed by atoms with E-state index in [1.54, 1.807) is 0 Å². The van der Waals surface area contributed by atoms with E-state index in [9.17, 15) is 99.0 Å². The Morgan fingerprint density at radius 3 is 0.654 bits per heavy atom. The Kier molecular flexibility index (Phi) is 45.5. The molecule has 0 fully saturated rings. The molecule has 0 amide bonds. The number of aromatic hydroxyl groups is 1. The number of hydrogen-bond acceptors (Lipinski definition) is 19. The maximum Gasteiger partial charge on any atom is 0.322 e. The van der Waals surface area contributed by atoms with Crippen molar-refractivity contribution in [2.24, 2.45) is 0 Å². The lowest BCUT2D eigenvalue weighted by molar-refractivity contribution is -0.929. The Hall–Kier alpha value is -4.53. The molecule has 7 N–H and O–H groups in total. The summed E-state index contributed by atoms with van der Waals surface area (Å²) in [5.41, 5.74) is 0. The van der Waals surface area contributed by atoms with Crippen LogP contribution in [-0.2, 0) is 74.8 Å². The molecule has 620 valence electrons. The molecule has 3 unspecified atom stereocenters. The van der Waals surface area contributed by atoms with E-state index < -0.39 is 166 Å². The van der Waals surface area contributed by atoms with E-state index in [1.807, 2.05) is 0 Å². The summed E-state index contributed by atoms with van der Waals surface area (Å²) >= 11 is 0. The van der Waals surface area contributed by atoms with Crippen LogP contribution in [0.4, 0.5) is 0 Å². The molecule has 0 radical (unpaired) electrons. The molecule has 0 aliphatic rings. The van der Waals surface area contributed by atoms with Crippen LogP contribution in [0.5, 0.6) is 5.75 Å². The van der Waals surface area contributed by atoms with Crippen molar-refractivity contribution in [1.82, 2.24) is 14.2 Å². The van der Waals surface area contributed by atoms with E-state index >= 15 is 0 Å². The number of rotatable bonds is 54. The van der Waals surface area contributed by atoms with Gasteiger partial charge in [0.15, 0.2) is 0 Å². The maximum absolute atomic E-state index is 13.8. The van der Waals surface area contributed by atoms with Crippen LogP contribution in [0.25, 0.3) is 32.3 Å². The third-order valence-corrected chi connectivity index (χ3v) is 26.1. The van der Waals surface area contributed by atoms with Gasteiger partial charge in [-0.15, -0.1) is 0 Å². The Bertz CT molecular complexity index is 3750. The first-order valence-corrected chi connectivity index (χ1v) is 47.7. The first-order chi connectivity index (χ1) is 50.0. The number of nitrogens with one attached hydrogen (secondary N) is 3. The van der Waals surface area contributed by atoms with Gasteiger partial charge in [0, 0.05) is 38.4 Å². The van der Waals surface area contributed by atoms with Crippen molar-refractivity contribution in [3.63, 3.8) is 0 Å². The molecule has 0 spiro atoms. The van der Waals surface area contributed by atoms with Crippen LogP contribution in [0.15, 0.2) is 51.1 Å². The highest BCUT2D eigenvalue weighted by Crippen LogP contribution is 2.45. The fourth-order valence-electron chi connectivity index (χ4n) is 13.3. The fraction of sp³-hybridized carbons (Fsp3) is 0.740. The normalized spacial score (nSPS) is 13.7. The summed E-state index contributed by atoms with van der Waals surface area (Å²) in [5.74, 6) is -13.3. The number of sulfonamides is 3. The lowest BCUT2D eigenvalue weighted by atomic mass is 9.94. The Morgan fingerprint density at radius 1 is 0.318 bits per heavy atom. The second-order valence-corrected chi connectivity index (χ2v) is 37.9. The molecule has 4 aromatic carbocycles. The molecule has 28 nitrogen and oxygen atoms in total. The molecule has 107 heavy (non-hydrogen) atoms. The summed E-state index contributed by atoms with van der Waals surface area (Å²) in [5, 5.41) is 35.6. The van der Waals surface area contributed by atoms with Crippen LogP contribution >= 0.6 is 0 Å². The highest BCUT2D eigenvalue weighted by molar-refractivity contribution is 7.91. The molecular weight excluding hydrogens is 1510 g/mol. The number of aliphatic carboxylic acids is 3. The largest absolute Gasteiger partial charge is 0.748 e. The monoisotopic (exact) mass is 1630 g/mol. The molecule has 0 saturated carbocycles. The number of quaternary nitrogens is 3. The van der Waals surface area contributed by atoms with E-state index in [-0.39, 0.29) is 6.07 Å². The van der Waals surface area contributed by atoms with Crippen molar-refractivity contribution < 1.29 is 112 Å². The zero-order valence-electron chi connectivity index (χ0n) is 65.7. The first-order valence-electron chi connectivity index (χ1n) is 38.6. The number of carboxylic acids is 3. The van der Waals surface area contributed by atoms with Crippen LogP contribution < -0.4 is 14.2 Å².